The molecule has 0 N–H and O–H groups in total. The Bertz CT molecular complexity index is 496. The van der Waals surface area contributed by atoms with E-state index in [9.17, 15) is 4.79 Å². The van der Waals surface area contributed by atoms with Crippen LogP contribution >= 0.6 is 0 Å². The lowest BCUT2D eigenvalue weighted by molar-refractivity contribution is 0.621. The zero-order valence-electron chi connectivity index (χ0n) is 7.56. The fourth-order valence-corrected chi connectivity index (χ4v) is 1.30. The highest BCUT2D eigenvalue weighted by atomic mass is 16.1. The Morgan fingerprint density at radius 2 is 2.31 bits per heavy atom. The van der Waals surface area contributed by atoms with Gasteiger partial charge in [0, 0.05) is 25.2 Å². The number of fused-ring (bicyclic) bond motifs is 1. The number of rotatable bonds is 1. The van der Waals surface area contributed by atoms with E-state index in [1.807, 2.05) is 6.92 Å². The van der Waals surface area contributed by atoms with Crippen molar-refractivity contribution in [3.63, 3.8) is 0 Å². The van der Waals surface area contributed by atoms with Crippen LogP contribution in [0.1, 0.15) is 6.92 Å². The van der Waals surface area contributed by atoms with E-state index >= 15 is 0 Å². The monoisotopic (exact) mass is 178 g/mol. The molecular weight excluding hydrogens is 168 g/mol. The minimum atomic E-state index is -0.124. The Balaban J connectivity index is 2.86. The number of hydrogen-bond acceptors (Lipinski definition) is 3. The smallest absolute Gasteiger partial charge is 0.274 e. The molecule has 68 valence electrons. The summed E-state index contributed by atoms with van der Waals surface area (Å²) in [4.78, 5) is 11.6. The molecule has 0 spiro atoms. The molecule has 2 aromatic heterocycles. The molecule has 0 aliphatic carbocycles. The lowest BCUT2D eigenvalue weighted by Gasteiger charge is -1.96. The van der Waals surface area contributed by atoms with Crippen molar-refractivity contribution in [1.82, 2.24) is 19.6 Å². The van der Waals surface area contributed by atoms with Crippen LogP contribution < -0.4 is 5.56 Å². The van der Waals surface area contributed by atoms with E-state index in [-0.39, 0.29) is 5.56 Å². The first-order valence-corrected chi connectivity index (χ1v) is 4.12. The molecule has 13 heavy (non-hydrogen) atoms. The molecule has 0 radical (unpaired) electrons. The molecule has 0 saturated carbocycles. The zero-order chi connectivity index (χ0) is 9.42. The van der Waals surface area contributed by atoms with Crippen molar-refractivity contribution in [3.05, 3.63) is 22.7 Å². The van der Waals surface area contributed by atoms with Crippen LogP contribution in [0.5, 0.6) is 0 Å². The van der Waals surface area contributed by atoms with Crippen molar-refractivity contribution in [1.29, 1.82) is 0 Å². The highest BCUT2D eigenvalue weighted by Gasteiger charge is 2.05. The summed E-state index contributed by atoms with van der Waals surface area (Å²) < 4.78 is 3.02. The van der Waals surface area contributed by atoms with Crippen LogP contribution in [0.25, 0.3) is 10.9 Å². The maximum atomic E-state index is 11.6. The number of hydrogen-bond donors (Lipinski definition) is 0. The predicted molar refractivity (Wildman–Crippen MR) is 48.4 cm³/mol. The summed E-state index contributed by atoms with van der Waals surface area (Å²) in [7, 11) is 1.79. The molecule has 0 fully saturated rings. The molecule has 5 heteroatoms. The average molecular weight is 178 g/mol. The molecule has 2 aromatic rings. The summed E-state index contributed by atoms with van der Waals surface area (Å²) in [5, 5.41) is 8.84. The van der Waals surface area contributed by atoms with Crippen molar-refractivity contribution < 1.29 is 0 Å². The van der Waals surface area contributed by atoms with Crippen LogP contribution in [-0.4, -0.2) is 19.6 Å². The Labute approximate surface area is 74.6 Å². The van der Waals surface area contributed by atoms with E-state index in [1.165, 1.54) is 4.68 Å². The Hall–Kier alpha value is -1.65. The third-order valence-electron chi connectivity index (χ3n) is 1.93. The first-order valence-electron chi connectivity index (χ1n) is 4.12. The summed E-state index contributed by atoms with van der Waals surface area (Å²) >= 11 is 0. The van der Waals surface area contributed by atoms with Gasteiger partial charge in [0.2, 0.25) is 0 Å². The molecule has 0 unspecified atom stereocenters. The van der Waals surface area contributed by atoms with Crippen LogP contribution in [0.15, 0.2) is 17.2 Å². The maximum absolute atomic E-state index is 11.6. The van der Waals surface area contributed by atoms with E-state index in [4.69, 9.17) is 0 Å². The molecule has 0 aliphatic heterocycles. The molecular formula is C8H10N4O. The summed E-state index contributed by atoms with van der Waals surface area (Å²) in [6.45, 7) is 2.45. The Morgan fingerprint density at radius 1 is 1.54 bits per heavy atom. The normalized spacial score (nSPS) is 10.9. The van der Waals surface area contributed by atoms with Crippen LogP contribution in [0.4, 0.5) is 0 Å². The van der Waals surface area contributed by atoms with Gasteiger partial charge < -0.3 is 0 Å². The summed E-state index contributed by atoms with van der Waals surface area (Å²) in [5.41, 5.74) is 0.361. The van der Waals surface area contributed by atoms with Gasteiger partial charge in [-0.1, -0.05) is 0 Å². The number of aryl methyl sites for hydroxylation is 2. The Morgan fingerprint density at radius 3 is 3.00 bits per heavy atom. The third kappa shape index (κ3) is 1.12. The molecule has 0 saturated heterocycles. The number of nitrogens with zero attached hydrogens (tertiary/aromatic N) is 4. The second-order valence-electron chi connectivity index (χ2n) is 2.87. The van der Waals surface area contributed by atoms with Gasteiger partial charge in [-0.25, -0.2) is 4.68 Å². The van der Waals surface area contributed by atoms with Gasteiger partial charge >= 0.3 is 0 Å². The molecule has 0 bridgehead atoms. The first-order chi connectivity index (χ1) is 6.22. The van der Waals surface area contributed by atoms with Crippen LogP contribution in [-0.2, 0) is 13.6 Å². The highest BCUT2D eigenvalue weighted by Crippen LogP contribution is 2.03. The fraction of sp³-hybridized carbons (Fsp3) is 0.375. The van der Waals surface area contributed by atoms with Gasteiger partial charge in [-0.2, -0.15) is 10.2 Å². The van der Waals surface area contributed by atoms with Gasteiger partial charge in [0.25, 0.3) is 5.56 Å². The van der Waals surface area contributed by atoms with Crippen molar-refractivity contribution in [2.45, 2.75) is 13.5 Å². The standard InChI is InChI=1S/C8H10N4O/c1-3-12-8(13)7-6(4-9-12)5-11(2)10-7/h4-5H,3H2,1-2H3. The van der Waals surface area contributed by atoms with E-state index in [2.05, 4.69) is 10.2 Å². The van der Waals surface area contributed by atoms with Gasteiger partial charge in [0.15, 0.2) is 5.52 Å². The lowest BCUT2D eigenvalue weighted by atomic mass is 10.4. The molecule has 2 heterocycles. The fourth-order valence-electron chi connectivity index (χ4n) is 1.30. The number of aromatic nitrogens is 4. The van der Waals surface area contributed by atoms with Crippen LogP contribution in [0, 0.1) is 0 Å². The van der Waals surface area contributed by atoms with Gasteiger partial charge in [-0.15, -0.1) is 0 Å². The molecule has 2 rings (SSSR count). The quantitative estimate of drug-likeness (QED) is 0.624. The van der Waals surface area contributed by atoms with Crippen LogP contribution in [0.2, 0.25) is 0 Å². The SMILES string of the molecule is CCn1ncc2cn(C)nc2c1=O. The van der Waals surface area contributed by atoms with E-state index in [0.717, 1.165) is 5.39 Å². The maximum Gasteiger partial charge on any atom is 0.295 e. The molecule has 0 aliphatic rings. The van der Waals surface area contributed by atoms with Gasteiger partial charge in [-0.3, -0.25) is 9.48 Å². The van der Waals surface area contributed by atoms with Crippen LogP contribution in [0.3, 0.4) is 0 Å². The van der Waals surface area contributed by atoms with Gasteiger partial charge in [0.1, 0.15) is 0 Å². The minimum Gasteiger partial charge on any atom is -0.274 e. The molecule has 0 amide bonds. The second-order valence-corrected chi connectivity index (χ2v) is 2.87. The predicted octanol–water partition coefficient (Wildman–Crippen LogP) is 0.150. The van der Waals surface area contributed by atoms with Crippen molar-refractivity contribution in [2.75, 3.05) is 0 Å². The van der Waals surface area contributed by atoms with Crippen molar-refractivity contribution in [3.8, 4) is 0 Å². The highest BCUT2D eigenvalue weighted by molar-refractivity contribution is 5.75. The van der Waals surface area contributed by atoms with Gasteiger partial charge in [-0.05, 0) is 6.92 Å². The lowest BCUT2D eigenvalue weighted by Crippen LogP contribution is -2.21. The van der Waals surface area contributed by atoms with E-state index in [1.54, 1.807) is 24.1 Å². The van der Waals surface area contributed by atoms with Crippen molar-refractivity contribution >= 4 is 10.9 Å². The Kier molecular flexibility index (Phi) is 1.65. The van der Waals surface area contributed by atoms with Gasteiger partial charge in [0.05, 0.1) is 6.20 Å². The third-order valence-corrected chi connectivity index (χ3v) is 1.93. The molecule has 0 aromatic carbocycles. The topological polar surface area (TPSA) is 52.7 Å². The van der Waals surface area contributed by atoms with E-state index in [0.29, 0.717) is 12.1 Å². The summed E-state index contributed by atoms with van der Waals surface area (Å²) in [6, 6.07) is 0. The largest absolute Gasteiger partial charge is 0.295 e. The molecule has 0 atom stereocenters. The first kappa shape index (κ1) is 7.97. The summed E-state index contributed by atoms with van der Waals surface area (Å²) in [6.07, 6.45) is 3.44. The second kappa shape index (κ2) is 2.69. The molecule has 5 nitrogen and oxygen atoms in total. The average Bonchev–Trinajstić information content (AvgIpc) is 2.47. The van der Waals surface area contributed by atoms with Crippen molar-refractivity contribution in [2.24, 2.45) is 7.05 Å². The zero-order valence-corrected chi connectivity index (χ0v) is 7.56. The van der Waals surface area contributed by atoms with E-state index < -0.39 is 0 Å². The summed E-state index contributed by atoms with van der Waals surface area (Å²) in [5.74, 6) is 0. The minimum absolute atomic E-state index is 0.124.